The van der Waals surface area contributed by atoms with Gasteiger partial charge in [0.05, 0.1) is 23.7 Å². The average molecular weight is 299 g/mol. The molecular formula is C13H17NO5S. The summed E-state index contributed by atoms with van der Waals surface area (Å²) in [5.41, 5.74) is 0.300. The molecule has 1 fully saturated rings. The highest BCUT2D eigenvalue weighted by Crippen LogP contribution is 2.26. The van der Waals surface area contributed by atoms with Crippen LogP contribution in [0.15, 0.2) is 29.2 Å². The Hall–Kier alpha value is -1.44. The molecule has 1 aromatic carbocycles. The van der Waals surface area contributed by atoms with Crippen LogP contribution in [0.4, 0.5) is 0 Å². The van der Waals surface area contributed by atoms with Crippen LogP contribution in [0, 0.1) is 5.92 Å². The quantitative estimate of drug-likeness (QED) is 0.773. The van der Waals surface area contributed by atoms with Crippen molar-refractivity contribution in [3.63, 3.8) is 0 Å². The minimum atomic E-state index is -3.58. The van der Waals surface area contributed by atoms with Crippen LogP contribution in [0.3, 0.4) is 0 Å². The average Bonchev–Trinajstić information content (AvgIpc) is 2.41. The summed E-state index contributed by atoms with van der Waals surface area (Å²) in [7, 11) is -2.32. The summed E-state index contributed by atoms with van der Waals surface area (Å²) in [4.78, 5) is 11.4. The fraction of sp³-hybridized carbons (Fsp3) is 0.462. The number of aliphatic hydroxyl groups is 1. The van der Waals surface area contributed by atoms with Gasteiger partial charge in [-0.05, 0) is 43.0 Å². The highest BCUT2D eigenvalue weighted by molar-refractivity contribution is 7.89. The predicted molar refractivity (Wildman–Crippen MR) is 71.7 cm³/mol. The van der Waals surface area contributed by atoms with Gasteiger partial charge in [-0.15, -0.1) is 0 Å². The van der Waals surface area contributed by atoms with Crippen LogP contribution < -0.4 is 4.72 Å². The van der Waals surface area contributed by atoms with E-state index in [4.69, 9.17) is 5.11 Å². The van der Waals surface area contributed by atoms with Crippen molar-refractivity contribution in [3.8, 4) is 0 Å². The first-order chi connectivity index (χ1) is 9.42. The lowest BCUT2D eigenvalue weighted by atomic mass is 9.83. The second kappa shape index (κ2) is 5.90. The molecule has 7 heteroatoms. The van der Waals surface area contributed by atoms with E-state index in [1.165, 1.54) is 31.4 Å². The standard InChI is InChI=1S/C13H17NO5S/c1-19-13(16)10-2-4-12(5-3-10)20(17,18)14-8-9-6-11(15)7-9/h2-5,9,11,14-15H,6-8H2,1H3. The van der Waals surface area contributed by atoms with E-state index in [0.717, 1.165) is 0 Å². The molecule has 2 rings (SSSR count). The molecule has 1 saturated carbocycles. The number of esters is 1. The molecule has 0 aliphatic heterocycles. The lowest BCUT2D eigenvalue weighted by molar-refractivity contribution is 0.0453. The van der Waals surface area contributed by atoms with Gasteiger partial charge in [0, 0.05) is 6.54 Å². The zero-order valence-electron chi connectivity index (χ0n) is 11.1. The predicted octanol–water partition coefficient (Wildman–Crippen LogP) is 0.522. The first-order valence-corrected chi connectivity index (χ1v) is 7.77. The second-order valence-corrected chi connectivity index (χ2v) is 6.63. The van der Waals surface area contributed by atoms with Crippen molar-refractivity contribution < 1.29 is 23.1 Å². The van der Waals surface area contributed by atoms with Crippen molar-refractivity contribution >= 4 is 16.0 Å². The topological polar surface area (TPSA) is 92.7 Å². The third-order valence-corrected chi connectivity index (χ3v) is 4.80. The Morgan fingerprint density at radius 2 is 1.95 bits per heavy atom. The molecule has 0 bridgehead atoms. The highest BCUT2D eigenvalue weighted by atomic mass is 32.2. The lowest BCUT2D eigenvalue weighted by Crippen LogP contribution is -2.38. The molecule has 0 spiro atoms. The van der Waals surface area contributed by atoms with Crippen LogP contribution in [0.1, 0.15) is 23.2 Å². The Morgan fingerprint density at radius 3 is 2.45 bits per heavy atom. The number of ether oxygens (including phenoxy) is 1. The van der Waals surface area contributed by atoms with Crippen molar-refractivity contribution in [1.29, 1.82) is 0 Å². The van der Waals surface area contributed by atoms with E-state index in [0.29, 0.717) is 24.9 Å². The number of sulfonamides is 1. The SMILES string of the molecule is COC(=O)c1ccc(S(=O)(=O)NCC2CC(O)C2)cc1. The number of carbonyl (C=O) groups is 1. The number of rotatable bonds is 5. The minimum absolute atomic E-state index is 0.102. The first-order valence-electron chi connectivity index (χ1n) is 6.28. The van der Waals surface area contributed by atoms with Gasteiger partial charge in [-0.25, -0.2) is 17.9 Å². The molecule has 1 aliphatic carbocycles. The van der Waals surface area contributed by atoms with E-state index < -0.39 is 16.0 Å². The lowest BCUT2D eigenvalue weighted by Gasteiger charge is -2.31. The summed E-state index contributed by atoms with van der Waals surface area (Å²) in [6.45, 7) is 0.318. The molecule has 1 aliphatic rings. The number of aliphatic hydroxyl groups excluding tert-OH is 1. The molecule has 0 saturated heterocycles. The Labute approximate surface area is 117 Å². The summed E-state index contributed by atoms with van der Waals surface area (Å²) in [5.74, 6) is -0.320. The van der Waals surface area contributed by atoms with Crippen LogP contribution in [-0.4, -0.2) is 39.3 Å². The number of hydrogen-bond donors (Lipinski definition) is 2. The van der Waals surface area contributed by atoms with Crippen molar-refractivity contribution in [1.82, 2.24) is 4.72 Å². The molecule has 0 aromatic heterocycles. The van der Waals surface area contributed by atoms with Crippen molar-refractivity contribution in [2.75, 3.05) is 13.7 Å². The fourth-order valence-corrected chi connectivity index (χ4v) is 3.18. The van der Waals surface area contributed by atoms with Gasteiger partial charge in [0.15, 0.2) is 0 Å². The minimum Gasteiger partial charge on any atom is -0.465 e. The third kappa shape index (κ3) is 3.36. The summed E-state index contributed by atoms with van der Waals surface area (Å²) in [5, 5.41) is 9.15. The van der Waals surface area contributed by atoms with Crippen LogP contribution in [0.2, 0.25) is 0 Å². The van der Waals surface area contributed by atoms with Crippen LogP contribution in [0.5, 0.6) is 0 Å². The van der Waals surface area contributed by atoms with E-state index in [1.807, 2.05) is 0 Å². The van der Waals surface area contributed by atoms with Gasteiger partial charge >= 0.3 is 5.97 Å². The summed E-state index contributed by atoms with van der Waals surface area (Å²) in [6, 6.07) is 5.55. The van der Waals surface area contributed by atoms with Gasteiger partial charge in [-0.3, -0.25) is 0 Å². The van der Waals surface area contributed by atoms with Gasteiger partial charge < -0.3 is 9.84 Å². The van der Waals surface area contributed by atoms with Crippen molar-refractivity contribution in [2.45, 2.75) is 23.8 Å². The molecule has 0 heterocycles. The summed E-state index contributed by atoms with van der Waals surface area (Å²) < 4.78 is 31.1. The highest BCUT2D eigenvalue weighted by Gasteiger charge is 2.28. The molecule has 0 radical (unpaired) electrons. The van der Waals surface area contributed by atoms with Gasteiger partial charge in [0.25, 0.3) is 0 Å². The second-order valence-electron chi connectivity index (χ2n) is 4.86. The molecule has 20 heavy (non-hydrogen) atoms. The molecule has 2 N–H and O–H groups in total. The number of carbonyl (C=O) groups excluding carboxylic acids is 1. The maximum Gasteiger partial charge on any atom is 0.337 e. The summed E-state index contributed by atoms with van der Waals surface area (Å²) >= 11 is 0. The Morgan fingerprint density at radius 1 is 1.35 bits per heavy atom. The molecule has 0 amide bonds. The normalized spacial score (nSPS) is 22.1. The molecule has 110 valence electrons. The summed E-state index contributed by atoms with van der Waals surface area (Å²) in [6.07, 6.45) is 0.956. The third-order valence-electron chi connectivity index (χ3n) is 3.36. The molecule has 1 aromatic rings. The maximum atomic E-state index is 12.0. The van der Waals surface area contributed by atoms with Gasteiger partial charge in [0.1, 0.15) is 0 Å². The number of benzene rings is 1. The smallest absolute Gasteiger partial charge is 0.337 e. The largest absolute Gasteiger partial charge is 0.465 e. The Kier molecular flexibility index (Phi) is 4.42. The van der Waals surface area contributed by atoms with Gasteiger partial charge in [-0.2, -0.15) is 0 Å². The zero-order chi connectivity index (χ0) is 14.8. The van der Waals surface area contributed by atoms with E-state index >= 15 is 0 Å². The number of methoxy groups -OCH3 is 1. The number of hydrogen-bond acceptors (Lipinski definition) is 5. The Balaban J connectivity index is 2.00. The van der Waals surface area contributed by atoms with Gasteiger partial charge in [0.2, 0.25) is 10.0 Å². The molecule has 6 nitrogen and oxygen atoms in total. The van der Waals surface area contributed by atoms with Crippen molar-refractivity contribution in [3.05, 3.63) is 29.8 Å². The number of nitrogens with one attached hydrogen (secondary N) is 1. The molecule has 0 atom stereocenters. The fourth-order valence-electron chi connectivity index (χ4n) is 2.07. The maximum absolute atomic E-state index is 12.0. The molecule has 0 unspecified atom stereocenters. The van der Waals surface area contributed by atoms with E-state index in [9.17, 15) is 13.2 Å². The molecular weight excluding hydrogens is 282 g/mol. The van der Waals surface area contributed by atoms with Crippen LogP contribution in [-0.2, 0) is 14.8 Å². The van der Waals surface area contributed by atoms with Crippen LogP contribution >= 0.6 is 0 Å². The zero-order valence-corrected chi connectivity index (χ0v) is 11.9. The van der Waals surface area contributed by atoms with E-state index in [-0.39, 0.29) is 16.9 Å². The van der Waals surface area contributed by atoms with E-state index in [1.54, 1.807) is 0 Å². The van der Waals surface area contributed by atoms with E-state index in [2.05, 4.69) is 9.46 Å². The van der Waals surface area contributed by atoms with Crippen LogP contribution in [0.25, 0.3) is 0 Å². The van der Waals surface area contributed by atoms with Crippen molar-refractivity contribution in [2.24, 2.45) is 5.92 Å². The van der Waals surface area contributed by atoms with Gasteiger partial charge in [-0.1, -0.05) is 0 Å². The Bertz CT molecular complexity index is 575. The first kappa shape index (κ1) is 15.0. The monoisotopic (exact) mass is 299 g/mol.